The van der Waals surface area contributed by atoms with Gasteiger partial charge in [-0.2, -0.15) is 0 Å². The summed E-state index contributed by atoms with van der Waals surface area (Å²) in [6.45, 7) is 9.33. The van der Waals surface area contributed by atoms with Crippen molar-refractivity contribution in [3.05, 3.63) is 48.0 Å². The second kappa shape index (κ2) is 8.11. The third-order valence-corrected chi connectivity index (χ3v) is 4.91. The molecular formula is C22H30N4O. The lowest BCUT2D eigenvalue weighted by Gasteiger charge is -2.23. The molecule has 0 amide bonds. The Morgan fingerprint density at radius 2 is 1.85 bits per heavy atom. The van der Waals surface area contributed by atoms with Crippen molar-refractivity contribution in [2.24, 2.45) is 11.1 Å². The van der Waals surface area contributed by atoms with Gasteiger partial charge in [-0.15, -0.1) is 0 Å². The number of hydrogen-bond donors (Lipinski definition) is 3. The number of fused-ring (bicyclic) bond motifs is 1. The van der Waals surface area contributed by atoms with Crippen LogP contribution in [0.15, 0.2) is 42.5 Å². The molecule has 2 aromatic rings. The molecule has 2 aromatic carbocycles. The first-order valence-corrected chi connectivity index (χ1v) is 9.55. The highest BCUT2D eigenvalue weighted by atomic mass is 16.1. The van der Waals surface area contributed by atoms with E-state index in [1.54, 1.807) is 0 Å². The summed E-state index contributed by atoms with van der Waals surface area (Å²) >= 11 is 0. The number of rotatable bonds is 7. The number of nitrogens with two attached hydrogens (primary N) is 1. The fraction of sp³-hybridized carbons (Fsp3) is 0.409. The van der Waals surface area contributed by atoms with Crippen LogP contribution >= 0.6 is 0 Å². The van der Waals surface area contributed by atoms with E-state index < -0.39 is 0 Å². The number of anilines is 2. The Bertz CT molecular complexity index is 793. The fourth-order valence-electron chi connectivity index (χ4n) is 3.10. The predicted octanol–water partition coefficient (Wildman–Crippen LogP) is 3.21. The lowest BCUT2D eigenvalue weighted by Crippen LogP contribution is -2.35. The molecule has 3 rings (SSSR count). The van der Waals surface area contributed by atoms with E-state index in [1.807, 2.05) is 20.8 Å². The molecule has 0 spiro atoms. The van der Waals surface area contributed by atoms with Gasteiger partial charge in [-0.05, 0) is 28.8 Å². The van der Waals surface area contributed by atoms with E-state index in [0.717, 1.165) is 24.5 Å². The van der Waals surface area contributed by atoms with Crippen LogP contribution in [0.1, 0.15) is 26.3 Å². The Morgan fingerprint density at radius 1 is 1.15 bits per heavy atom. The highest BCUT2D eigenvalue weighted by Gasteiger charge is 2.27. The van der Waals surface area contributed by atoms with Crippen molar-refractivity contribution in [1.82, 2.24) is 5.32 Å². The number of nitrogens with zero attached hydrogens (tertiary/aromatic N) is 1. The van der Waals surface area contributed by atoms with Gasteiger partial charge in [0.25, 0.3) is 0 Å². The molecule has 1 aliphatic heterocycles. The van der Waals surface area contributed by atoms with Crippen LogP contribution in [-0.2, 0) is 11.3 Å². The number of ketones is 1. The first-order valence-electron chi connectivity index (χ1n) is 9.55. The molecule has 27 heavy (non-hydrogen) atoms. The van der Waals surface area contributed by atoms with Gasteiger partial charge in [0.15, 0.2) is 5.78 Å². The second-order valence-corrected chi connectivity index (χ2v) is 8.10. The average molecular weight is 367 g/mol. The molecule has 0 saturated carbocycles. The van der Waals surface area contributed by atoms with E-state index in [1.165, 1.54) is 16.7 Å². The van der Waals surface area contributed by atoms with Crippen molar-refractivity contribution >= 4 is 17.2 Å². The largest absolute Gasteiger partial charge is 0.366 e. The number of hydrogen-bond acceptors (Lipinski definition) is 5. The van der Waals surface area contributed by atoms with Crippen molar-refractivity contribution in [2.45, 2.75) is 27.3 Å². The highest BCUT2D eigenvalue weighted by molar-refractivity contribution is 5.91. The van der Waals surface area contributed by atoms with E-state index in [4.69, 9.17) is 5.73 Å². The molecule has 0 bridgehead atoms. The molecule has 0 saturated heterocycles. The summed E-state index contributed by atoms with van der Waals surface area (Å²) in [4.78, 5) is 14.5. The first-order chi connectivity index (χ1) is 12.9. The molecule has 5 heteroatoms. The number of carbonyl (C=O) groups is 1. The van der Waals surface area contributed by atoms with Gasteiger partial charge < -0.3 is 21.3 Å². The van der Waals surface area contributed by atoms with Gasteiger partial charge in [-0.3, -0.25) is 4.79 Å². The summed E-state index contributed by atoms with van der Waals surface area (Å²) < 4.78 is 0. The fourth-order valence-corrected chi connectivity index (χ4v) is 3.10. The molecule has 1 aliphatic rings. The zero-order valence-electron chi connectivity index (χ0n) is 16.5. The third-order valence-electron chi connectivity index (χ3n) is 4.91. The normalized spacial score (nSPS) is 13.4. The number of carbonyl (C=O) groups excluding carboxylic acids is 1. The molecule has 0 radical (unpaired) electrons. The highest BCUT2D eigenvalue weighted by Crippen LogP contribution is 2.35. The van der Waals surface area contributed by atoms with Gasteiger partial charge >= 0.3 is 0 Å². The number of benzene rings is 2. The van der Waals surface area contributed by atoms with E-state index in [2.05, 4.69) is 58.0 Å². The van der Waals surface area contributed by atoms with Gasteiger partial charge in [-0.25, -0.2) is 0 Å². The van der Waals surface area contributed by atoms with Crippen LogP contribution in [0.2, 0.25) is 0 Å². The summed E-state index contributed by atoms with van der Waals surface area (Å²) in [5, 5.41) is 6.72. The zero-order chi connectivity index (χ0) is 19.4. The summed E-state index contributed by atoms with van der Waals surface area (Å²) in [5.41, 5.74) is 11.0. The van der Waals surface area contributed by atoms with E-state index in [9.17, 15) is 4.79 Å². The summed E-state index contributed by atoms with van der Waals surface area (Å²) in [7, 11) is 0. The predicted molar refractivity (Wildman–Crippen MR) is 113 cm³/mol. The van der Waals surface area contributed by atoms with E-state index >= 15 is 0 Å². The maximum atomic E-state index is 12.4. The maximum Gasteiger partial charge on any atom is 0.157 e. The molecule has 0 fully saturated rings. The van der Waals surface area contributed by atoms with Gasteiger partial charge in [-0.1, -0.05) is 51.1 Å². The molecule has 0 unspecified atom stereocenters. The van der Waals surface area contributed by atoms with Crippen molar-refractivity contribution < 1.29 is 4.79 Å². The van der Waals surface area contributed by atoms with Crippen molar-refractivity contribution in [3.63, 3.8) is 0 Å². The smallest absolute Gasteiger partial charge is 0.157 e. The molecule has 5 nitrogen and oxygen atoms in total. The van der Waals surface area contributed by atoms with Crippen LogP contribution in [-0.4, -0.2) is 32.1 Å². The Kier molecular flexibility index (Phi) is 5.82. The molecule has 144 valence electrons. The number of Topliss-reactive ketones (excluding diaryl/α,β-unsaturated/α-hetero) is 1. The minimum atomic E-state index is -0.316. The topological polar surface area (TPSA) is 70.4 Å². The molecule has 0 aromatic heterocycles. The minimum absolute atomic E-state index is 0.250. The molecule has 0 atom stereocenters. The standard InChI is InChI=1S/C22H30N4O/c1-22(2,3)21(27)14-26-15-25-19-12-18(8-9-20(19)26)17-6-4-16(5-7-17)13-24-11-10-23/h4-9,12,24-25H,10-11,13-15,23H2,1-3H3. The Hall–Kier alpha value is -2.37. The van der Waals surface area contributed by atoms with Crippen molar-refractivity contribution in [1.29, 1.82) is 0 Å². The molecule has 1 heterocycles. The van der Waals surface area contributed by atoms with Crippen LogP contribution in [0, 0.1) is 5.41 Å². The quantitative estimate of drug-likeness (QED) is 0.657. The van der Waals surface area contributed by atoms with Crippen molar-refractivity contribution in [3.8, 4) is 11.1 Å². The lowest BCUT2D eigenvalue weighted by atomic mass is 9.90. The van der Waals surface area contributed by atoms with Crippen LogP contribution in [0.3, 0.4) is 0 Å². The Morgan fingerprint density at radius 3 is 2.52 bits per heavy atom. The monoisotopic (exact) mass is 366 g/mol. The van der Waals surface area contributed by atoms with Crippen LogP contribution < -0.4 is 21.3 Å². The number of nitrogens with one attached hydrogen (secondary N) is 2. The van der Waals surface area contributed by atoms with Crippen LogP contribution in [0.5, 0.6) is 0 Å². The van der Waals surface area contributed by atoms with Gasteiger partial charge in [0.05, 0.1) is 24.6 Å². The molecular weight excluding hydrogens is 336 g/mol. The Balaban J connectivity index is 1.71. The average Bonchev–Trinajstić information content (AvgIpc) is 3.04. The Labute approximate surface area is 161 Å². The van der Waals surface area contributed by atoms with Gasteiger partial charge in [0, 0.05) is 25.0 Å². The summed E-state index contributed by atoms with van der Waals surface area (Å²) in [5.74, 6) is 0.250. The van der Waals surface area contributed by atoms with E-state index in [0.29, 0.717) is 19.8 Å². The lowest BCUT2D eigenvalue weighted by molar-refractivity contribution is -0.124. The second-order valence-electron chi connectivity index (χ2n) is 8.10. The first kappa shape index (κ1) is 19.4. The molecule has 0 aliphatic carbocycles. The zero-order valence-corrected chi connectivity index (χ0v) is 16.5. The summed E-state index contributed by atoms with van der Waals surface area (Å²) in [6, 6.07) is 15.0. The minimum Gasteiger partial charge on any atom is -0.366 e. The third kappa shape index (κ3) is 4.67. The molecule has 4 N–H and O–H groups in total. The maximum absolute atomic E-state index is 12.4. The summed E-state index contributed by atoms with van der Waals surface area (Å²) in [6.07, 6.45) is 0. The van der Waals surface area contributed by atoms with Crippen LogP contribution in [0.4, 0.5) is 11.4 Å². The SMILES string of the molecule is CC(C)(C)C(=O)CN1CNc2cc(-c3ccc(CNCCN)cc3)ccc21. The van der Waals surface area contributed by atoms with Gasteiger partial charge in [0.1, 0.15) is 0 Å². The van der Waals surface area contributed by atoms with Crippen molar-refractivity contribution in [2.75, 3.05) is 36.5 Å². The van der Waals surface area contributed by atoms with E-state index in [-0.39, 0.29) is 11.2 Å². The van der Waals surface area contributed by atoms with Gasteiger partial charge in [0.2, 0.25) is 0 Å². The van der Waals surface area contributed by atoms with Crippen LogP contribution in [0.25, 0.3) is 11.1 Å².